The van der Waals surface area contributed by atoms with Crippen molar-refractivity contribution in [2.75, 3.05) is 31.1 Å². The molecule has 2 aromatic carbocycles. The van der Waals surface area contributed by atoms with Crippen molar-refractivity contribution in [3.05, 3.63) is 40.4 Å². The first-order valence-electron chi connectivity index (χ1n) is 10.2. The fourth-order valence-electron chi connectivity index (χ4n) is 3.52. The molecule has 2 aromatic rings. The molecule has 0 aromatic heterocycles. The number of phenols is 1. The Kier molecular flexibility index (Phi) is 8.13. The molecule has 0 atom stereocenters. The zero-order chi connectivity index (χ0) is 25.0. The fourth-order valence-corrected chi connectivity index (χ4v) is 5.69. The van der Waals surface area contributed by atoms with Gasteiger partial charge in [-0.3, -0.25) is 9.59 Å². The van der Waals surface area contributed by atoms with E-state index in [0.29, 0.717) is 13.1 Å². The molecule has 0 spiro atoms. The average molecular weight is 533 g/mol. The minimum atomic E-state index is -3.95. The topological polar surface area (TPSA) is 145 Å². The number of sulfonamides is 1. The maximum atomic E-state index is 13.0. The zero-order valence-electron chi connectivity index (χ0n) is 17.8. The second kappa shape index (κ2) is 10.7. The lowest BCUT2D eigenvalue weighted by Crippen LogP contribution is -2.35. The highest BCUT2D eigenvalue weighted by atomic mass is 35.5. The quantitative estimate of drug-likeness (QED) is 0.440. The number of benzene rings is 2. The molecule has 1 aliphatic rings. The lowest BCUT2D eigenvalue weighted by atomic mass is 10.2. The molecule has 3 rings (SSSR count). The number of ether oxygens (including phenoxy) is 1. The first kappa shape index (κ1) is 25.9. The number of hydrogen-bond acceptors (Lipinski definition) is 7. The SMILES string of the molecule is O=C(O)CN(CC(=O)O)c1cc(Cl)c(Oc2ccc(O)c(S(=O)(=O)N3CCCCC3)c2)c(Cl)c1. The molecule has 184 valence electrons. The monoisotopic (exact) mass is 532 g/mol. The van der Waals surface area contributed by atoms with Gasteiger partial charge in [-0.15, -0.1) is 0 Å². The van der Waals surface area contributed by atoms with Crippen molar-refractivity contribution in [3.8, 4) is 17.2 Å². The van der Waals surface area contributed by atoms with Gasteiger partial charge in [0, 0.05) is 24.8 Å². The Bertz CT molecular complexity index is 1160. The van der Waals surface area contributed by atoms with Gasteiger partial charge in [0.25, 0.3) is 0 Å². The number of nitrogens with zero attached hydrogens (tertiary/aromatic N) is 2. The van der Waals surface area contributed by atoms with E-state index >= 15 is 0 Å². The van der Waals surface area contributed by atoms with Crippen LogP contribution in [0.2, 0.25) is 10.0 Å². The van der Waals surface area contributed by atoms with Crippen molar-refractivity contribution in [1.29, 1.82) is 0 Å². The maximum absolute atomic E-state index is 13.0. The molecule has 3 N–H and O–H groups in total. The minimum absolute atomic E-state index is 0.0397. The summed E-state index contributed by atoms with van der Waals surface area (Å²) >= 11 is 12.6. The van der Waals surface area contributed by atoms with Crippen LogP contribution >= 0.6 is 23.2 Å². The van der Waals surface area contributed by atoms with E-state index in [9.17, 15) is 23.1 Å². The van der Waals surface area contributed by atoms with Gasteiger partial charge in [-0.25, -0.2) is 8.42 Å². The van der Waals surface area contributed by atoms with E-state index in [1.54, 1.807) is 0 Å². The molecule has 1 saturated heterocycles. The molecule has 0 amide bonds. The largest absolute Gasteiger partial charge is 0.507 e. The molecule has 1 aliphatic heterocycles. The predicted molar refractivity (Wildman–Crippen MR) is 125 cm³/mol. The van der Waals surface area contributed by atoms with Crippen LogP contribution in [0, 0.1) is 0 Å². The van der Waals surface area contributed by atoms with Gasteiger partial charge in [0.2, 0.25) is 10.0 Å². The third-order valence-electron chi connectivity index (χ3n) is 5.08. The van der Waals surface area contributed by atoms with Crippen LogP contribution in [0.1, 0.15) is 19.3 Å². The first-order chi connectivity index (χ1) is 16.0. The third kappa shape index (κ3) is 6.03. The molecule has 1 fully saturated rings. The molecule has 10 nitrogen and oxygen atoms in total. The molecule has 13 heteroatoms. The Hall–Kier alpha value is -2.73. The van der Waals surface area contributed by atoms with Crippen molar-refractivity contribution in [2.24, 2.45) is 0 Å². The molecular weight excluding hydrogens is 511 g/mol. The smallest absolute Gasteiger partial charge is 0.323 e. The summed E-state index contributed by atoms with van der Waals surface area (Å²) in [5.74, 6) is -2.94. The standard InChI is InChI=1S/C21H22Cl2N2O8S/c22-15-8-13(24(11-19(27)28)12-20(29)30)9-16(23)21(15)33-14-4-5-17(26)18(10-14)34(31,32)25-6-2-1-3-7-25/h4-5,8-10,26H,1-3,6-7,11-12H2,(H,27,28)(H,29,30). The average Bonchev–Trinajstić information content (AvgIpc) is 2.76. The van der Waals surface area contributed by atoms with Crippen LogP contribution in [0.5, 0.6) is 17.2 Å². The Morgan fingerprint density at radius 1 is 0.971 bits per heavy atom. The Morgan fingerprint density at radius 3 is 2.06 bits per heavy atom. The Morgan fingerprint density at radius 2 is 1.53 bits per heavy atom. The van der Waals surface area contributed by atoms with Crippen molar-refractivity contribution < 1.29 is 38.1 Å². The predicted octanol–water partition coefficient (Wildman–Crippen LogP) is 3.64. The number of piperidine rings is 1. The lowest BCUT2D eigenvalue weighted by molar-refractivity contribution is -0.136. The molecule has 0 aliphatic carbocycles. The van der Waals surface area contributed by atoms with Crippen LogP contribution in [-0.4, -0.2) is 66.2 Å². The summed E-state index contributed by atoms with van der Waals surface area (Å²) in [7, 11) is -3.95. The number of halogens is 2. The number of aromatic hydroxyl groups is 1. The first-order valence-corrected chi connectivity index (χ1v) is 12.4. The number of aliphatic carboxylic acids is 2. The second-order valence-corrected chi connectivity index (χ2v) is 10.3. The summed E-state index contributed by atoms with van der Waals surface area (Å²) in [6.45, 7) is -0.492. The highest BCUT2D eigenvalue weighted by Gasteiger charge is 2.29. The molecule has 34 heavy (non-hydrogen) atoms. The molecule has 0 unspecified atom stereocenters. The van der Waals surface area contributed by atoms with Crippen LogP contribution in [0.25, 0.3) is 0 Å². The molecule has 0 radical (unpaired) electrons. The van der Waals surface area contributed by atoms with E-state index in [2.05, 4.69) is 0 Å². The van der Waals surface area contributed by atoms with Crippen LogP contribution in [0.3, 0.4) is 0 Å². The van der Waals surface area contributed by atoms with Gasteiger partial charge >= 0.3 is 11.9 Å². The van der Waals surface area contributed by atoms with E-state index in [1.807, 2.05) is 0 Å². The normalized spacial score (nSPS) is 14.5. The van der Waals surface area contributed by atoms with Gasteiger partial charge < -0.3 is 25.0 Å². The number of anilines is 1. The zero-order valence-corrected chi connectivity index (χ0v) is 20.1. The molecular formula is C21H22Cl2N2O8S. The number of carbonyl (C=O) groups is 2. The van der Waals surface area contributed by atoms with Crippen molar-refractivity contribution >= 4 is 50.9 Å². The fraction of sp³-hybridized carbons (Fsp3) is 0.333. The minimum Gasteiger partial charge on any atom is -0.507 e. The van der Waals surface area contributed by atoms with E-state index in [-0.39, 0.29) is 32.1 Å². The number of hydrogen-bond donors (Lipinski definition) is 3. The van der Waals surface area contributed by atoms with Crippen molar-refractivity contribution in [2.45, 2.75) is 24.2 Å². The van der Waals surface area contributed by atoms with Crippen LogP contribution < -0.4 is 9.64 Å². The molecule has 0 saturated carbocycles. The van der Waals surface area contributed by atoms with Gasteiger partial charge in [-0.05, 0) is 37.1 Å². The van der Waals surface area contributed by atoms with Gasteiger partial charge in [0.1, 0.15) is 29.5 Å². The Balaban J connectivity index is 1.92. The van der Waals surface area contributed by atoms with Gasteiger partial charge in [-0.2, -0.15) is 4.31 Å². The summed E-state index contributed by atoms with van der Waals surface area (Å²) in [6.07, 6.45) is 2.40. The van der Waals surface area contributed by atoms with E-state index in [1.165, 1.54) is 34.6 Å². The summed E-state index contributed by atoms with van der Waals surface area (Å²) < 4.78 is 33.0. The summed E-state index contributed by atoms with van der Waals surface area (Å²) in [5.41, 5.74) is 0.145. The van der Waals surface area contributed by atoms with Crippen LogP contribution in [0.15, 0.2) is 35.2 Å². The van der Waals surface area contributed by atoms with Crippen LogP contribution in [0.4, 0.5) is 5.69 Å². The van der Waals surface area contributed by atoms with E-state index in [4.69, 9.17) is 38.2 Å². The van der Waals surface area contributed by atoms with E-state index < -0.39 is 40.8 Å². The third-order valence-corrected chi connectivity index (χ3v) is 7.57. The second-order valence-electron chi connectivity index (χ2n) is 7.58. The molecule has 0 bridgehead atoms. The lowest BCUT2D eigenvalue weighted by Gasteiger charge is -2.26. The summed E-state index contributed by atoms with van der Waals surface area (Å²) in [6, 6.07) is 6.28. The number of carboxylic acids is 2. The maximum Gasteiger partial charge on any atom is 0.323 e. The van der Waals surface area contributed by atoms with Gasteiger partial charge in [-0.1, -0.05) is 29.6 Å². The van der Waals surface area contributed by atoms with Gasteiger partial charge in [0.15, 0.2) is 5.75 Å². The summed E-state index contributed by atoms with van der Waals surface area (Å²) in [5, 5.41) is 28.2. The highest BCUT2D eigenvalue weighted by Crippen LogP contribution is 2.41. The van der Waals surface area contributed by atoms with Crippen molar-refractivity contribution in [3.63, 3.8) is 0 Å². The van der Waals surface area contributed by atoms with E-state index in [0.717, 1.165) is 24.2 Å². The summed E-state index contributed by atoms with van der Waals surface area (Å²) in [4.78, 5) is 22.9. The number of rotatable bonds is 9. The number of carboxylic acid groups (broad SMARTS) is 2. The van der Waals surface area contributed by atoms with Crippen LogP contribution in [-0.2, 0) is 19.6 Å². The van der Waals surface area contributed by atoms with Crippen molar-refractivity contribution in [1.82, 2.24) is 4.31 Å². The highest BCUT2D eigenvalue weighted by molar-refractivity contribution is 7.89. The van der Waals surface area contributed by atoms with Gasteiger partial charge in [0.05, 0.1) is 10.0 Å². The Labute approximate surface area is 205 Å². The number of phenolic OH excluding ortho intramolecular Hbond substituents is 1. The molecule has 1 heterocycles.